The van der Waals surface area contributed by atoms with E-state index in [1.54, 1.807) is 30.5 Å². The molecular formula is C22H22N6O2. The van der Waals surface area contributed by atoms with Crippen LogP contribution >= 0.6 is 0 Å². The van der Waals surface area contributed by atoms with Gasteiger partial charge in [-0.1, -0.05) is 38.1 Å². The van der Waals surface area contributed by atoms with Gasteiger partial charge in [-0.3, -0.25) is 4.79 Å². The first kappa shape index (κ1) is 19.4. The molecule has 152 valence electrons. The lowest BCUT2D eigenvalue weighted by Gasteiger charge is -2.07. The molecule has 0 saturated carbocycles. The van der Waals surface area contributed by atoms with E-state index in [1.807, 2.05) is 38.1 Å². The monoisotopic (exact) mass is 402 g/mol. The lowest BCUT2D eigenvalue weighted by Crippen LogP contribution is -2.28. The first-order valence-corrected chi connectivity index (χ1v) is 9.62. The smallest absolute Gasteiger partial charge is 0.257 e. The second kappa shape index (κ2) is 7.82. The first-order chi connectivity index (χ1) is 14.4. The summed E-state index contributed by atoms with van der Waals surface area (Å²) in [6.07, 6.45) is 1.54. The number of carbonyl (C=O) groups excluding carboxylic acids is 1. The second-order valence-corrected chi connectivity index (χ2v) is 7.40. The Morgan fingerprint density at radius 1 is 1.20 bits per heavy atom. The van der Waals surface area contributed by atoms with Crippen molar-refractivity contribution in [2.75, 3.05) is 12.3 Å². The van der Waals surface area contributed by atoms with Crippen LogP contribution in [-0.2, 0) is 0 Å². The molecule has 30 heavy (non-hydrogen) atoms. The van der Waals surface area contributed by atoms with E-state index < -0.39 is 0 Å². The minimum absolute atomic E-state index is 0.129. The number of nitrogens with zero attached hydrogens (tertiary/aromatic N) is 4. The molecule has 2 heterocycles. The molecule has 0 aliphatic rings. The van der Waals surface area contributed by atoms with Crippen LogP contribution in [0.1, 0.15) is 29.8 Å². The number of carbonyl (C=O) groups is 1. The van der Waals surface area contributed by atoms with Crippen LogP contribution in [0.5, 0.6) is 5.75 Å². The van der Waals surface area contributed by atoms with Gasteiger partial charge in [0, 0.05) is 6.54 Å². The molecule has 2 aromatic heterocycles. The summed E-state index contributed by atoms with van der Waals surface area (Å²) in [5.74, 6) is 0.253. The number of nitrogen functional groups attached to an aromatic ring is 1. The molecule has 0 aliphatic carbocycles. The van der Waals surface area contributed by atoms with Crippen LogP contribution in [0.4, 0.5) is 5.82 Å². The molecule has 1 amide bonds. The van der Waals surface area contributed by atoms with Gasteiger partial charge in [-0.15, -0.1) is 0 Å². The first-order valence-electron chi connectivity index (χ1n) is 9.62. The highest BCUT2D eigenvalue weighted by Crippen LogP contribution is 2.28. The van der Waals surface area contributed by atoms with Gasteiger partial charge in [-0.05, 0) is 35.7 Å². The maximum absolute atomic E-state index is 12.9. The van der Waals surface area contributed by atoms with E-state index in [0.717, 1.165) is 0 Å². The number of aromatic hydroxyl groups is 1. The topological polar surface area (TPSA) is 118 Å². The maximum Gasteiger partial charge on any atom is 0.257 e. The average molecular weight is 402 g/mol. The van der Waals surface area contributed by atoms with Crippen LogP contribution in [0.25, 0.3) is 22.2 Å². The van der Waals surface area contributed by atoms with Crippen molar-refractivity contribution in [3.63, 3.8) is 0 Å². The molecule has 0 spiro atoms. The van der Waals surface area contributed by atoms with Crippen LogP contribution in [0.15, 0.2) is 53.6 Å². The molecule has 0 saturated heterocycles. The highest BCUT2D eigenvalue weighted by Gasteiger charge is 2.24. The van der Waals surface area contributed by atoms with Crippen molar-refractivity contribution in [3.8, 4) is 5.75 Å². The number of amides is 1. The van der Waals surface area contributed by atoms with Crippen LogP contribution in [0.3, 0.4) is 0 Å². The van der Waals surface area contributed by atoms with Crippen molar-refractivity contribution in [1.29, 1.82) is 0 Å². The Kier molecular flexibility index (Phi) is 5.05. The van der Waals surface area contributed by atoms with Gasteiger partial charge in [0.05, 0.1) is 17.2 Å². The number of benzene rings is 2. The molecule has 0 bridgehead atoms. The second-order valence-electron chi connectivity index (χ2n) is 7.40. The molecule has 0 unspecified atom stereocenters. The van der Waals surface area contributed by atoms with Gasteiger partial charge in [0.15, 0.2) is 5.65 Å². The van der Waals surface area contributed by atoms with Gasteiger partial charge >= 0.3 is 0 Å². The van der Waals surface area contributed by atoms with Crippen molar-refractivity contribution in [3.05, 3.63) is 59.7 Å². The van der Waals surface area contributed by atoms with E-state index in [1.165, 1.54) is 4.68 Å². The summed E-state index contributed by atoms with van der Waals surface area (Å²) >= 11 is 0. The summed E-state index contributed by atoms with van der Waals surface area (Å²) < 4.78 is 1.41. The van der Waals surface area contributed by atoms with E-state index >= 15 is 0 Å². The van der Waals surface area contributed by atoms with Crippen molar-refractivity contribution in [1.82, 2.24) is 20.0 Å². The molecule has 4 rings (SSSR count). The fraction of sp³-hybridized carbons (Fsp3) is 0.182. The van der Waals surface area contributed by atoms with Crippen LogP contribution in [0.2, 0.25) is 0 Å². The number of phenols is 1. The minimum atomic E-state index is -0.318. The summed E-state index contributed by atoms with van der Waals surface area (Å²) in [6.45, 7) is 4.54. The lowest BCUT2D eigenvalue weighted by atomic mass is 10.2. The fourth-order valence-electron chi connectivity index (χ4n) is 3.10. The average Bonchev–Trinajstić information content (AvgIpc) is 2.99. The molecule has 0 fully saturated rings. The van der Waals surface area contributed by atoms with Crippen LogP contribution < -0.4 is 11.1 Å². The van der Waals surface area contributed by atoms with E-state index in [9.17, 15) is 9.90 Å². The third-order valence-electron chi connectivity index (χ3n) is 4.56. The highest BCUT2D eigenvalue weighted by atomic mass is 16.3. The number of nitrogens with two attached hydrogens (primary N) is 1. The van der Waals surface area contributed by atoms with Crippen molar-refractivity contribution < 1.29 is 9.90 Å². The molecule has 0 atom stereocenters. The van der Waals surface area contributed by atoms with Crippen molar-refractivity contribution in [2.24, 2.45) is 11.0 Å². The molecule has 8 heteroatoms. The van der Waals surface area contributed by atoms with E-state index in [4.69, 9.17) is 5.73 Å². The number of aromatic nitrogens is 3. The fourth-order valence-corrected chi connectivity index (χ4v) is 3.10. The number of phenolic OH excluding ortho intramolecular Hbond substituents is 1. The largest absolute Gasteiger partial charge is 0.508 e. The van der Waals surface area contributed by atoms with Gasteiger partial charge in [0.1, 0.15) is 22.6 Å². The summed E-state index contributed by atoms with van der Waals surface area (Å²) in [5.41, 5.74) is 9.37. The number of fused-ring (bicyclic) bond motifs is 2. The Labute approximate surface area is 173 Å². The normalized spacial score (nSPS) is 11.7. The number of rotatable bonds is 5. The molecule has 8 nitrogen and oxygen atoms in total. The van der Waals surface area contributed by atoms with Gasteiger partial charge in [0.2, 0.25) is 0 Å². The summed E-state index contributed by atoms with van der Waals surface area (Å²) in [6, 6.07) is 14.1. The Morgan fingerprint density at radius 3 is 2.63 bits per heavy atom. The Hall–Kier alpha value is -3.94. The Balaban J connectivity index is 1.89. The summed E-state index contributed by atoms with van der Waals surface area (Å²) in [7, 11) is 0. The van der Waals surface area contributed by atoms with E-state index in [0.29, 0.717) is 40.2 Å². The van der Waals surface area contributed by atoms with Crippen molar-refractivity contribution >= 4 is 40.1 Å². The Bertz CT molecular complexity index is 1280. The summed E-state index contributed by atoms with van der Waals surface area (Å²) in [4.78, 5) is 22.2. The Morgan fingerprint density at radius 2 is 1.93 bits per heavy atom. The number of hydrogen-bond acceptors (Lipinski definition) is 6. The van der Waals surface area contributed by atoms with Crippen LogP contribution in [0, 0.1) is 5.92 Å². The number of anilines is 1. The standard InChI is InChI=1S/C22H22N6O2/c1-13(2)11-24-22(30)18-19-21(27-17-9-4-3-8-16(17)26-19)28(20(18)23)25-12-14-6-5-7-15(29)10-14/h3-10,12-13,29H,11,23H2,1-2H3,(H,24,30)/b25-12-. The number of nitrogens with one attached hydrogen (secondary N) is 1. The molecule has 0 radical (unpaired) electrons. The zero-order valence-electron chi connectivity index (χ0n) is 16.7. The molecule has 4 aromatic rings. The van der Waals surface area contributed by atoms with E-state index in [2.05, 4.69) is 20.4 Å². The van der Waals surface area contributed by atoms with Crippen molar-refractivity contribution in [2.45, 2.75) is 13.8 Å². The van der Waals surface area contributed by atoms with Gasteiger partial charge < -0.3 is 16.2 Å². The molecule has 4 N–H and O–H groups in total. The van der Waals surface area contributed by atoms with Gasteiger partial charge in [-0.25, -0.2) is 9.97 Å². The number of para-hydroxylation sites is 2. The third-order valence-corrected chi connectivity index (χ3v) is 4.56. The third kappa shape index (κ3) is 3.67. The molecular weight excluding hydrogens is 380 g/mol. The highest BCUT2D eigenvalue weighted by molar-refractivity contribution is 6.10. The predicted octanol–water partition coefficient (Wildman–Crippen LogP) is 3.14. The zero-order chi connectivity index (χ0) is 21.3. The van der Waals surface area contributed by atoms with Gasteiger partial charge in [-0.2, -0.15) is 9.78 Å². The summed E-state index contributed by atoms with van der Waals surface area (Å²) in [5, 5.41) is 17.0. The SMILES string of the molecule is CC(C)CNC(=O)c1c(N)n(/N=C\c2cccc(O)c2)c2nc3ccccc3nc12. The zero-order valence-corrected chi connectivity index (χ0v) is 16.7. The minimum Gasteiger partial charge on any atom is -0.508 e. The molecule has 0 aliphatic heterocycles. The molecule has 2 aromatic carbocycles. The number of hydrogen-bond donors (Lipinski definition) is 3. The predicted molar refractivity (Wildman–Crippen MR) is 118 cm³/mol. The quantitative estimate of drug-likeness (QED) is 0.443. The lowest BCUT2D eigenvalue weighted by molar-refractivity contribution is 0.0951. The van der Waals surface area contributed by atoms with E-state index in [-0.39, 0.29) is 23.0 Å². The maximum atomic E-state index is 12.9. The van der Waals surface area contributed by atoms with Crippen LogP contribution in [-0.4, -0.2) is 38.4 Å². The van der Waals surface area contributed by atoms with Gasteiger partial charge in [0.25, 0.3) is 5.91 Å².